The Morgan fingerprint density at radius 3 is 2.48 bits per heavy atom. The first-order chi connectivity index (χ1) is 12.1. The summed E-state index contributed by atoms with van der Waals surface area (Å²) in [5.41, 5.74) is 1.77. The Balaban J connectivity index is 2.50. The van der Waals surface area contributed by atoms with Crippen LogP contribution in [-0.2, 0) is 0 Å². The number of methoxy groups -OCH3 is 2. The second kappa shape index (κ2) is 8.68. The maximum atomic E-state index is 9.57. The zero-order valence-corrected chi connectivity index (χ0v) is 14.6. The molecule has 5 heteroatoms. The van der Waals surface area contributed by atoms with Gasteiger partial charge in [-0.05, 0) is 48.0 Å². The van der Waals surface area contributed by atoms with E-state index >= 15 is 0 Å². The maximum Gasteiger partial charge on any atom is 0.161 e. The molecule has 0 heterocycles. The number of halogens is 1. The van der Waals surface area contributed by atoms with Crippen molar-refractivity contribution in [3.8, 4) is 35.7 Å². The molecule has 0 bridgehead atoms. The Morgan fingerprint density at radius 1 is 1.12 bits per heavy atom. The van der Waals surface area contributed by atoms with Gasteiger partial charge in [-0.2, -0.15) is 5.26 Å². The number of rotatable bonds is 6. The molecule has 0 aliphatic rings. The molecule has 0 unspecified atom stereocenters. The van der Waals surface area contributed by atoms with E-state index in [1.807, 2.05) is 0 Å². The standard InChI is InChI=1S/C20H16ClNO3/c1-4-9-25-18-8-6-17(21)11-15(18)10-16(13-22)14-5-7-19(23-2)20(12-14)24-3/h1,5-8,10-12H,9H2,2-3H3/b16-10+. The highest BCUT2D eigenvalue weighted by Gasteiger charge is 2.10. The van der Waals surface area contributed by atoms with Crippen LogP contribution < -0.4 is 14.2 Å². The van der Waals surface area contributed by atoms with Crippen LogP contribution in [0.5, 0.6) is 17.2 Å². The van der Waals surface area contributed by atoms with E-state index in [0.717, 1.165) is 0 Å². The summed E-state index contributed by atoms with van der Waals surface area (Å²) >= 11 is 6.07. The van der Waals surface area contributed by atoms with Crippen molar-refractivity contribution in [2.45, 2.75) is 0 Å². The Kier molecular flexibility index (Phi) is 6.34. The molecule has 126 valence electrons. The van der Waals surface area contributed by atoms with E-state index in [0.29, 0.717) is 39.0 Å². The van der Waals surface area contributed by atoms with Crippen molar-refractivity contribution in [2.24, 2.45) is 0 Å². The first kappa shape index (κ1) is 18.3. The van der Waals surface area contributed by atoms with Crippen LogP contribution >= 0.6 is 11.6 Å². The molecule has 2 rings (SSSR count). The molecule has 4 nitrogen and oxygen atoms in total. The van der Waals surface area contributed by atoms with Crippen molar-refractivity contribution in [3.63, 3.8) is 0 Å². The monoisotopic (exact) mass is 353 g/mol. The number of hydrogen-bond acceptors (Lipinski definition) is 4. The minimum atomic E-state index is 0.126. The van der Waals surface area contributed by atoms with E-state index in [-0.39, 0.29) is 6.61 Å². The lowest BCUT2D eigenvalue weighted by atomic mass is 10.0. The van der Waals surface area contributed by atoms with E-state index < -0.39 is 0 Å². The molecule has 0 atom stereocenters. The van der Waals surface area contributed by atoms with Crippen LogP contribution in [0.25, 0.3) is 11.6 Å². The van der Waals surface area contributed by atoms with Crippen LogP contribution in [0.15, 0.2) is 36.4 Å². The van der Waals surface area contributed by atoms with Gasteiger partial charge in [0.1, 0.15) is 12.4 Å². The van der Waals surface area contributed by atoms with Gasteiger partial charge in [-0.25, -0.2) is 0 Å². The van der Waals surface area contributed by atoms with E-state index in [4.69, 9.17) is 32.2 Å². The number of hydrogen-bond donors (Lipinski definition) is 0. The largest absolute Gasteiger partial charge is 0.493 e. The summed E-state index contributed by atoms with van der Waals surface area (Å²) in [5, 5.41) is 10.1. The Bertz CT molecular complexity index is 875. The lowest BCUT2D eigenvalue weighted by Gasteiger charge is -2.10. The van der Waals surface area contributed by atoms with Gasteiger partial charge in [0.05, 0.1) is 25.9 Å². The minimum Gasteiger partial charge on any atom is -0.493 e. The SMILES string of the molecule is C#CCOc1ccc(Cl)cc1/C=C(\C#N)c1ccc(OC)c(OC)c1. The molecule has 0 saturated heterocycles. The molecule has 0 fully saturated rings. The molecular weight excluding hydrogens is 338 g/mol. The average Bonchev–Trinajstić information content (AvgIpc) is 2.64. The van der Waals surface area contributed by atoms with Crippen molar-refractivity contribution in [1.82, 2.24) is 0 Å². The molecule has 0 aliphatic heterocycles. The predicted molar refractivity (Wildman–Crippen MR) is 98.8 cm³/mol. The highest BCUT2D eigenvalue weighted by atomic mass is 35.5. The van der Waals surface area contributed by atoms with Crippen molar-refractivity contribution < 1.29 is 14.2 Å². The van der Waals surface area contributed by atoms with Gasteiger partial charge >= 0.3 is 0 Å². The third-order valence-electron chi connectivity index (χ3n) is 3.40. The van der Waals surface area contributed by atoms with Crippen molar-refractivity contribution in [2.75, 3.05) is 20.8 Å². The van der Waals surface area contributed by atoms with E-state index in [2.05, 4.69) is 12.0 Å². The average molecular weight is 354 g/mol. The molecule has 0 N–H and O–H groups in total. The third-order valence-corrected chi connectivity index (χ3v) is 3.63. The second-order valence-corrected chi connectivity index (χ2v) is 5.35. The lowest BCUT2D eigenvalue weighted by Crippen LogP contribution is -1.96. The Morgan fingerprint density at radius 2 is 1.84 bits per heavy atom. The van der Waals surface area contributed by atoms with Crippen LogP contribution in [0.4, 0.5) is 0 Å². The summed E-state index contributed by atoms with van der Waals surface area (Å²) in [5.74, 6) is 4.09. The molecule has 2 aromatic carbocycles. The zero-order chi connectivity index (χ0) is 18.2. The fourth-order valence-electron chi connectivity index (χ4n) is 2.22. The van der Waals surface area contributed by atoms with E-state index in [1.54, 1.807) is 56.7 Å². The number of ether oxygens (including phenoxy) is 3. The van der Waals surface area contributed by atoms with Gasteiger partial charge in [0.25, 0.3) is 0 Å². The van der Waals surface area contributed by atoms with Crippen LogP contribution in [0.1, 0.15) is 11.1 Å². The lowest BCUT2D eigenvalue weighted by molar-refractivity contribution is 0.355. The summed E-state index contributed by atoms with van der Waals surface area (Å²) in [7, 11) is 3.10. The number of benzene rings is 2. The Hall–Kier alpha value is -3.08. The molecule has 0 amide bonds. The smallest absolute Gasteiger partial charge is 0.161 e. The quantitative estimate of drug-likeness (QED) is 0.438. The minimum absolute atomic E-state index is 0.126. The number of allylic oxidation sites excluding steroid dienone is 1. The fraction of sp³-hybridized carbons (Fsp3) is 0.150. The van der Waals surface area contributed by atoms with E-state index in [9.17, 15) is 5.26 Å². The second-order valence-electron chi connectivity index (χ2n) is 4.91. The number of terminal acetylenes is 1. The normalized spacial score (nSPS) is 10.5. The Labute approximate surface area is 152 Å². The van der Waals surface area contributed by atoms with Gasteiger partial charge in [0, 0.05) is 10.6 Å². The van der Waals surface area contributed by atoms with Gasteiger partial charge in [-0.3, -0.25) is 0 Å². The summed E-state index contributed by atoms with van der Waals surface area (Å²) in [6.45, 7) is 0.126. The number of nitriles is 1. The van der Waals surface area contributed by atoms with Gasteiger partial charge in [0.15, 0.2) is 11.5 Å². The van der Waals surface area contributed by atoms with Crippen LogP contribution in [0.3, 0.4) is 0 Å². The van der Waals surface area contributed by atoms with Crippen molar-refractivity contribution >= 4 is 23.3 Å². The summed E-state index contributed by atoms with van der Waals surface area (Å²) < 4.78 is 16.0. The van der Waals surface area contributed by atoms with Crippen molar-refractivity contribution in [1.29, 1.82) is 5.26 Å². The molecule has 0 radical (unpaired) electrons. The molecular formula is C20H16ClNO3. The topological polar surface area (TPSA) is 51.5 Å². The molecule has 0 aliphatic carbocycles. The molecule has 0 aromatic heterocycles. The van der Waals surface area contributed by atoms with Crippen LogP contribution in [-0.4, -0.2) is 20.8 Å². The predicted octanol–water partition coefficient (Wildman–Crippen LogP) is 4.43. The molecule has 2 aromatic rings. The highest BCUT2D eigenvalue weighted by molar-refractivity contribution is 6.30. The summed E-state index contributed by atoms with van der Waals surface area (Å²) in [6, 6.07) is 12.6. The third kappa shape index (κ3) is 4.47. The van der Waals surface area contributed by atoms with Crippen LogP contribution in [0.2, 0.25) is 5.02 Å². The van der Waals surface area contributed by atoms with Gasteiger partial charge in [-0.15, -0.1) is 6.42 Å². The first-order valence-corrected chi connectivity index (χ1v) is 7.70. The van der Waals surface area contributed by atoms with Gasteiger partial charge < -0.3 is 14.2 Å². The van der Waals surface area contributed by atoms with Gasteiger partial charge in [0.2, 0.25) is 0 Å². The molecule has 0 spiro atoms. The summed E-state index contributed by atoms with van der Waals surface area (Å²) in [4.78, 5) is 0. The fourth-order valence-corrected chi connectivity index (χ4v) is 2.40. The number of nitrogens with zero attached hydrogens (tertiary/aromatic N) is 1. The maximum absolute atomic E-state index is 9.57. The summed E-state index contributed by atoms with van der Waals surface area (Å²) in [6.07, 6.45) is 6.93. The van der Waals surface area contributed by atoms with E-state index in [1.165, 1.54) is 0 Å². The van der Waals surface area contributed by atoms with Crippen molar-refractivity contribution in [3.05, 3.63) is 52.5 Å². The molecule has 25 heavy (non-hydrogen) atoms. The van der Waals surface area contributed by atoms with Gasteiger partial charge in [-0.1, -0.05) is 17.5 Å². The zero-order valence-electron chi connectivity index (χ0n) is 13.9. The molecule has 0 saturated carbocycles. The first-order valence-electron chi connectivity index (χ1n) is 7.33. The van der Waals surface area contributed by atoms with Crippen LogP contribution in [0, 0.1) is 23.7 Å². The highest BCUT2D eigenvalue weighted by Crippen LogP contribution is 2.32.